The third-order valence-corrected chi connectivity index (χ3v) is 8.33. The molecule has 1 aromatic rings. The highest BCUT2D eigenvalue weighted by Gasteiger charge is 2.35. The lowest BCUT2D eigenvalue weighted by atomic mass is 9.88. The molecule has 1 atom stereocenters. The van der Waals surface area contributed by atoms with Crippen molar-refractivity contribution in [3.63, 3.8) is 0 Å². The second kappa shape index (κ2) is 10.1. The van der Waals surface area contributed by atoms with Gasteiger partial charge >= 0.3 is 0 Å². The Balaban J connectivity index is 1.60. The number of piperazine rings is 1. The molecule has 1 aliphatic carbocycles. The molecule has 31 heavy (non-hydrogen) atoms. The number of aryl methyl sites for hydroxylation is 1. The van der Waals surface area contributed by atoms with Crippen LogP contribution in [-0.2, 0) is 19.6 Å². The number of amides is 2. The zero-order valence-corrected chi connectivity index (χ0v) is 19.7. The number of carbonyl (C=O) groups excluding carboxylic acids is 2. The van der Waals surface area contributed by atoms with Crippen molar-refractivity contribution in [1.82, 2.24) is 14.5 Å². The molecule has 2 aliphatic rings. The molecule has 0 unspecified atom stereocenters. The highest BCUT2D eigenvalue weighted by molar-refractivity contribution is 7.89. The van der Waals surface area contributed by atoms with Gasteiger partial charge in [0.25, 0.3) is 0 Å². The Kier molecular flexibility index (Phi) is 7.75. The monoisotopic (exact) mass is 449 g/mol. The molecular formula is C23H35N3O4S. The van der Waals surface area contributed by atoms with E-state index >= 15 is 0 Å². The molecule has 1 heterocycles. The number of hydrogen-bond acceptors (Lipinski definition) is 4. The summed E-state index contributed by atoms with van der Waals surface area (Å²) >= 11 is 0. The van der Waals surface area contributed by atoms with Gasteiger partial charge in [0, 0.05) is 32.1 Å². The second-order valence-corrected chi connectivity index (χ2v) is 11.0. The fraction of sp³-hybridized carbons (Fsp3) is 0.652. The summed E-state index contributed by atoms with van der Waals surface area (Å²) in [7, 11) is -3.57. The normalized spacial score (nSPS) is 19.9. The minimum absolute atomic E-state index is 0.000649. The molecule has 2 amide bonds. The van der Waals surface area contributed by atoms with E-state index in [2.05, 4.69) is 5.32 Å². The van der Waals surface area contributed by atoms with Gasteiger partial charge in [-0.15, -0.1) is 0 Å². The van der Waals surface area contributed by atoms with Crippen LogP contribution in [0.25, 0.3) is 0 Å². The molecule has 1 saturated carbocycles. The van der Waals surface area contributed by atoms with E-state index in [1.807, 2.05) is 20.8 Å². The lowest BCUT2D eigenvalue weighted by Crippen LogP contribution is -2.57. The van der Waals surface area contributed by atoms with Gasteiger partial charge in [0.15, 0.2) is 0 Å². The summed E-state index contributed by atoms with van der Waals surface area (Å²) < 4.78 is 27.2. The molecule has 7 nitrogen and oxygen atoms in total. The van der Waals surface area contributed by atoms with Gasteiger partial charge in [-0.2, -0.15) is 4.31 Å². The predicted molar refractivity (Wildman–Crippen MR) is 120 cm³/mol. The Labute approximate surface area is 186 Å². The first-order valence-electron chi connectivity index (χ1n) is 11.4. The number of nitrogens with one attached hydrogen (secondary N) is 1. The predicted octanol–water partition coefficient (Wildman–Crippen LogP) is 2.55. The first kappa shape index (κ1) is 23.7. The van der Waals surface area contributed by atoms with Crippen molar-refractivity contribution in [1.29, 1.82) is 0 Å². The van der Waals surface area contributed by atoms with Crippen LogP contribution in [0.15, 0.2) is 29.2 Å². The van der Waals surface area contributed by atoms with Crippen LogP contribution < -0.4 is 5.32 Å². The number of carbonyl (C=O) groups is 2. The number of benzene rings is 1. The average Bonchev–Trinajstić information content (AvgIpc) is 2.77. The maximum absolute atomic E-state index is 13.2. The maximum atomic E-state index is 13.2. The van der Waals surface area contributed by atoms with Crippen molar-refractivity contribution in [2.75, 3.05) is 26.2 Å². The fourth-order valence-electron chi connectivity index (χ4n) is 4.35. The highest BCUT2D eigenvalue weighted by Crippen LogP contribution is 2.24. The van der Waals surface area contributed by atoms with Crippen molar-refractivity contribution < 1.29 is 18.0 Å². The third kappa shape index (κ3) is 5.66. The van der Waals surface area contributed by atoms with Crippen molar-refractivity contribution >= 4 is 21.8 Å². The Morgan fingerprint density at radius 3 is 2.10 bits per heavy atom. The van der Waals surface area contributed by atoms with Gasteiger partial charge in [-0.3, -0.25) is 9.59 Å². The Morgan fingerprint density at radius 2 is 1.55 bits per heavy atom. The number of nitrogens with zero attached hydrogens (tertiary/aromatic N) is 2. The topological polar surface area (TPSA) is 86.8 Å². The van der Waals surface area contributed by atoms with Gasteiger partial charge in [-0.1, -0.05) is 50.8 Å². The van der Waals surface area contributed by atoms with Crippen LogP contribution in [0.4, 0.5) is 0 Å². The van der Waals surface area contributed by atoms with E-state index in [9.17, 15) is 18.0 Å². The SMILES string of the molecule is Cc1ccc(S(=O)(=O)N2CCN(C(=O)[C@@H](NC(=O)C3CCCCC3)C(C)C)CC2)cc1. The average molecular weight is 450 g/mol. The van der Waals surface area contributed by atoms with Crippen LogP contribution in [0.3, 0.4) is 0 Å². The summed E-state index contributed by atoms with van der Waals surface area (Å²) in [5.41, 5.74) is 1.00. The van der Waals surface area contributed by atoms with Crippen molar-refractivity contribution in [2.24, 2.45) is 11.8 Å². The van der Waals surface area contributed by atoms with Gasteiger partial charge in [0.05, 0.1) is 4.90 Å². The molecule has 0 spiro atoms. The molecule has 3 rings (SSSR count). The molecule has 8 heteroatoms. The van der Waals surface area contributed by atoms with Crippen LogP contribution in [0.2, 0.25) is 0 Å². The standard InChI is InChI=1S/C23H35N3O4S/c1-17(2)21(24-22(27)19-7-5-4-6-8-19)23(28)25-13-15-26(16-14-25)31(29,30)20-11-9-18(3)10-12-20/h9-12,17,19,21H,4-8,13-16H2,1-3H3,(H,24,27)/t21-/m0/s1. The maximum Gasteiger partial charge on any atom is 0.245 e. The molecular weight excluding hydrogens is 414 g/mol. The van der Waals surface area contributed by atoms with E-state index in [-0.39, 0.29) is 41.6 Å². The first-order chi connectivity index (χ1) is 14.7. The van der Waals surface area contributed by atoms with E-state index in [1.54, 1.807) is 29.2 Å². The van der Waals surface area contributed by atoms with Crippen molar-refractivity contribution in [3.8, 4) is 0 Å². The molecule has 1 N–H and O–H groups in total. The third-order valence-electron chi connectivity index (χ3n) is 6.42. The van der Waals surface area contributed by atoms with Crippen LogP contribution in [-0.4, -0.2) is 61.7 Å². The van der Waals surface area contributed by atoms with E-state index in [1.165, 1.54) is 10.7 Å². The molecule has 1 saturated heterocycles. The molecule has 0 aromatic heterocycles. The summed E-state index contributed by atoms with van der Waals surface area (Å²) in [6.07, 6.45) is 5.08. The minimum atomic E-state index is -3.57. The van der Waals surface area contributed by atoms with Crippen LogP contribution in [0.1, 0.15) is 51.5 Å². The van der Waals surface area contributed by atoms with Crippen molar-refractivity contribution in [3.05, 3.63) is 29.8 Å². The summed E-state index contributed by atoms with van der Waals surface area (Å²) in [6.45, 7) is 6.94. The zero-order chi connectivity index (χ0) is 22.6. The van der Waals surface area contributed by atoms with Gasteiger partial charge in [-0.25, -0.2) is 8.42 Å². The molecule has 0 bridgehead atoms. The number of sulfonamides is 1. The van der Waals surface area contributed by atoms with Crippen LogP contribution >= 0.6 is 0 Å². The Bertz CT molecular complexity index is 869. The lowest BCUT2D eigenvalue weighted by molar-refractivity contribution is -0.139. The molecule has 1 aromatic carbocycles. The van der Waals surface area contributed by atoms with E-state index < -0.39 is 16.1 Å². The largest absolute Gasteiger partial charge is 0.344 e. The van der Waals surface area contributed by atoms with Crippen LogP contribution in [0.5, 0.6) is 0 Å². The number of hydrogen-bond donors (Lipinski definition) is 1. The smallest absolute Gasteiger partial charge is 0.245 e. The van der Waals surface area contributed by atoms with Gasteiger partial charge < -0.3 is 10.2 Å². The minimum Gasteiger partial charge on any atom is -0.344 e. The molecule has 172 valence electrons. The van der Waals surface area contributed by atoms with Crippen molar-refractivity contribution in [2.45, 2.75) is 63.8 Å². The summed E-state index contributed by atoms with van der Waals surface area (Å²) in [6, 6.07) is 6.24. The zero-order valence-electron chi connectivity index (χ0n) is 18.8. The van der Waals surface area contributed by atoms with E-state index in [4.69, 9.17) is 0 Å². The first-order valence-corrected chi connectivity index (χ1v) is 12.8. The van der Waals surface area contributed by atoms with E-state index in [0.29, 0.717) is 13.1 Å². The fourth-order valence-corrected chi connectivity index (χ4v) is 5.78. The van der Waals surface area contributed by atoms with Gasteiger partial charge in [-0.05, 0) is 37.8 Å². The molecule has 2 fully saturated rings. The van der Waals surface area contributed by atoms with Gasteiger partial charge in [0.2, 0.25) is 21.8 Å². The summed E-state index contributed by atoms with van der Waals surface area (Å²) in [4.78, 5) is 27.8. The lowest BCUT2D eigenvalue weighted by Gasteiger charge is -2.37. The van der Waals surface area contributed by atoms with Crippen LogP contribution in [0, 0.1) is 18.8 Å². The molecule has 0 radical (unpaired) electrons. The second-order valence-electron chi connectivity index (χ2n) is 9.11. The summed E-state index contributed by atoms with van der Waals surface area (Å²) in [5.74, 6) is -0.174. The van der Waals surface area contributed by atoms with E-state index in [0.717, 1.165) is 31.2 Å². The molecule has 1 aliphatic heterocycles. The Morgan fingerprint density at radius 1 is 0.968 bits per heavy atom. The highest BCUT2D eigenvalue weighted by atomic mass is 32.2. The van der Waals surface area contributed by atoms with Gasteiger partial charge in [0.1, 0.15) is 6.04 Å². The quantitative estimate of drug-likeness (QED) is 0.723. The summed E-state index contributed by atoms with van der Waals surface area (Å²) in [5, 5.41) is 2.99. The number of rotatable bonds is 6. The Hall–Kier alpha value is -1.93.